The van der Waals surface area contributed by atoms with Gasteiger partial charge >= 0.3 is 0 Å². The molecule has 1 aliphatic carbocycles. The lowest BCUT2D eigenvalue weighted by atomic mass is 9.84. The number of aromatic nitrogens is 1. The number of fused-ring (bicyclic) bond motifs is 1. The second-order valence-electron chi connectivity index (χ2n) is 9.69. The molecule has 2 aromatic rings. The Kier molecular flexibility index (Phi) is 6.60. The molecular formula is C27H34N4O2. The molecule has 3 fully saturated rings. The lowest BCUT2D eigenvalue weighted by molar-refractivity contribution is -0.125. The van der Waals surface area contributed by atoms with E-state index in [2.05, 4.69) is 21.3 Å². The van der Waals surface area contributed by atoms with E-state index in [4.69, 9.17) is 0 Å². The first-order chi connectivity index (χ1) is 16.2. The molecule has 174 valence electrons. The maximum atomic E-state index is 13.5. The summed E-state index contributed by atoms with van der Waals surface area (Å²) in [5.74, 6) is 1.35. The third kappa shape index (κ3) is 4.61. The van der Waals surface area contributed by atoms with E-state index in [-0.39, 0.29) is 17.9 Å². The number of hydrogen-bond acceptors (Lipinski definition) is 4. The number of carbonyl (C=O) groups is 2. The van der Waals surface area contributed by atoms with Crippen molar-refractivity contribution in [1.82, 2.24) is 15.2 Å². The standard InChI is InChI=1S/C27H34N4O2/c32-26(29-19-22-13-9-15-28-25(22)30-16-7-2-8-17-30)24-18-21-12-5-6-14-23(21)31(24)27(33)20-10-3-1-4-11-20/h1,3-4,9-11,13,15,21,23-24H,2,5-8,12,14,16-19H2,(H,29,32). The number of pyridine rings is 1. The second kappa shape index (κ2) is 9.94. The monoisotopic (exact) mass is 446 g/mol. The molecule has 0 radical (unpaired) electrons. The predicted octanol–water partition coefficient (Wildman–Crippen LogP) is 4.16. The van der Waals surface area contributed by atoms with Crippen molar-refractivity contribution in [3.8, 4) is 0 Å². The molecule has 3 heterocycles. The molecule has 3 aliphatic rings. The SMILES string of the molecule is O=C(NCc1cccnc1N1CCCCC1)C1CC2CCCCC2N1C(=O)c1ccccc1. The highest BCUT2D eigenvalue weighted by molar-refractivity contribution is 5.98. The third-order valence-corrected chi connectivity index (χ3v) is 7.62. The van der Waals surface area contributed by atoms with Crippen molar-refractivity contribution in [2.75, 3.05) is 18.0 Å². The van der Waals surface area contributed by atoms with Gasteiger partial charge in [-0.05, 0) is 62.6 Å². The van der Waals surface area contributed by atoms with Crippen LogP contribution in [0, 0.1) is 5.92 Å². The fourth-order valence-corrected chi connectivity index (χ4v) is 5.97. The summed E-state index contributed by atoms with van der Waals surface area (Å²) in [5, 5.41) is 3.17. The van der Waals surface area contributed by atoms with Crippen molar-refractivity contribution >= 4 is 17.6 Å². The van der Waals surface area contributed by atoms with E-state index in [1.54, 1.807) is 0 Å². The Balaban J connectivity index is 1.32. The van der Waals surface area contributed by atoms with Crippen LogP contribution >= 0.6 is 0 Å². The summed E-state index contributed by atoms with van der Waals surface area (Å²) in [6.07, 6.45) is 10.7. The summed E-state index contributed by atoms with van der Waals surface area (Å²) < 4.78 is 0. The van der Waals surface area contributed by atoms with Gasteiger partial charge in [-0.25, -0.2) is 4.98 Å². The molecule has 3 atom stereocenters. The molecule has 0 spiro atoms. The molecule has 0 bridgehead atoms. The number of nitrogens with one attached hydrogen (secondary N) is 1. The van der Waals surface area contributed by atoms with Crippen LogP contribution in [-0.2, 0) is 11.3 Å². The van der Waals surface area contributed by atoms with Gasteiger partial charge in [0.2, 0.25) is 5.91 Å². The molecule has 1 aromatic carbocycles. The topological polar surface area (TPSA) is 65.5 Å². The zero-order chi connectivity index (χ0) is 22.6. The lowest BCUT2D eigenvalue weighted by Crippen LogP contribution is -2.49. The van der Waals surface area contributed by atoms with Gasteiger partial charge in [0, 0.05) is 43.0 Å². The highest BCUT2D eigenvalue weighted by Crippen LogP contribution is 2.40. The van der Waals surface area contributed by atoms with Crippen LogP contribution in [0.4, 0.5) is 5.82 Å². The average Bonchev–Trinajstić information content (AvgIpc) is 3.28. The minimum Gasteiger partial charge on any atom is -0.356 e. The summed E-state index contributed by atoms with van der Waals surface area (Å²) in [5.41, 5.74) is 1.71. The highest BCUT2D eigenvalue weighted by Gasteiger charge is 2.47. The highest BCUT2D eigenvalue weighted by atomic mass is 16.2. The first-order valence-corrected chi connectivity index (χ1v) is 12.6. The van der Waals surface area contributed by atoms with E-state index >= 15 is 0 Å². The van der Waals surface area contributed by atoms with E-state index in [9.17, 15) is 9.59 Å². The van der Waals surface area contributed by atoms with E-state index < -0.39 is 6.04 Å². The molecule has 33 heavy (non-hydrogen) atoms. The van der Waals surface area contributed by atoms with Gasteiger partial charge in [-0.2, -0.15) is 0 Å². The molecule has 1 saturated carbocycles. The summed E-state index contributed by atoms with van der Waals surface area (Å²) in [6, 6.07) is 13.2. The number of benzene rings is 1. The average molecular weight is 447 g/mol. The van der Waals surface area contributed by atoms with Crippen LogP contribution < -0.4 is 10.2 Å². The van der Waals surface area contributed by atoms with Gasteiger partial charge < -0.3 is 15.1 Å². The van der Waals surface area contributed by atoms with E-state index in [0.29, 0.717) is 18.0 Å². The third-order valence-electron chi connectivity index (χ3n) is 7.62. The van der Waals surface area contributed by atoms with Gasteiger partial charge in [0.05, 0.1) is 0 Å². The number of carbonyl (C=O) groups excluding carboxylic acids is 2. The van der Waals surface area contributed by atoms with Gasteiger partial charge in [-0.15, -0.1) is 0 Å². The minimum atomic E-state index is -0.402. The fraction of sp³-hybridized carbons (Fsp3) is 0.519. The quantitative estimate of drug-likeness (QED) is 0.749. The van der Waals surface area contributed by atoms with E-state index in [1.165, 1.54) is 25.7 Å². The number of rotatable bonds is 5. The number of likely N-dealkylation sites (tertiary alicyclic amines) is 1. The molecule has 2 aliphatic heterocycles. The largest absolute Gasteiger partial charge is 0.356 e. The van der Waals surface area contributed by atoms with Crippen molar-refractivity contribution in [3.05, 3.63) is 59.8 Å². The van der Waals surface area contributed by atoms with Crippen LogP contribution in [0.5, 0.6) is 0 Å². The van der Waals surface area contributed by atoms with Gasteiger partial charge in [0.15, 0.2) is 0 Å². The maximum absolute atomic E-state index is 13.5. The van der Waals surface area contributed by atoms with Gasteiger partial charge in [-0.3, -0.25) is 9.59 Å². The first kappa shape index (κ1) is 21.9. The van der Waals surface area contributed by atoms with Gasteiger partial charge in [0.25, 0.3) is 5.91 Å². The van der Waals surface area contributed by atoms with Crippen LogP contribution in [0.25, 0.3) is 0 Å². The van der Waals surface area contributed by atoms with Gasteiger partial charge in [0.1, 0.15) is 11.9 Å². The Morgan fingerprint density at radius 1 is 0.939 bits per heavy atom. The molecule has 6 heteroatoms. The molecule has 2 amide bonds. The molecule has 2 saturated heterocycles. The number of anilines is 1. The van der Waals surface area contributed by atoms with Crippen LogP contribution in [-0.4, -0.2) is 46.9 Å². The van der Waals surface area contributed by atoms with Gasteiger partial charge in [-0.1, -0.05) is 37.1 Å². The molecular weight excluding hydrogens is 412 g/mol. The fourth-order valence-electron chi connectivity index (χ4n) is 5.97. The Labute approximate surface area is 196 Å². The summed E-state index contributed by atoms with van der Waals surface area (Å²) >= 11 is 0. The van der Waals surface area contributed by atoms with Crippen LogP contribution in [0.15, 0.2) is 48.7 Å². The van der Waals surface area contributed by atoms with Crippen LogP contribution in [0.2, 0.25) is 0 Å². The molecule has 1 aromatic heterocycles. The molecule has 1 N–H and O–H groups in total. The first-order valence-electron chi connectivity index (χ1n) is 12.6. The van der Waals surface area contributed by atoms with Crippen molar-refractivity contribution in [2.24, 2.45) is 5.92 Å². The number of piperidine rings is 1. The zero-order valence-electron chi connectivity index (χ0n) is 19.3. The summed E-state index contributed by atoms with van der Waals surface area (Å²) in [6.45, 7) is 2.48. The van der Waals surface area contributed by atoms with Crippen molar-refractivity contribution < 1.29 is 9.59 Å². The number of amides is 2. The molecule has 5 rings (SSSR count). The zero-order valence-corrected chi connectivity index (χ0v) is 19.3. The van der Waals surface area contributed by atoms with Crippen molar-refractivity contribution in [3.63, 3.8) is 0 Å². The van der Waals surface area contributed by atoms with Crippen molar-refractivity contribution in [2.45, 2.75) is 70.0 Å². The number of nitrogens with zero attached hydrogens (tertiary/aromatic N) is 3. The second-order valence-corrected chi connectivity index (χ2v) is 9.69. The van der Waals surface area contributed by atoms with Crippen LogP contribution in [0.1, 0.15) is 67.3 Å². The minimum absolute atomic E-state index is 0.0134. The Morgan fingerprint density at radius 2 is 1.73 bits per heavy atom. The molecule has 3 unspecified atom stereocenters. The molecule has 6 nitrogen and oxygen atoms in total. The normalized spacial score (nSPS) is 24.9. The predicted molar refractivity (Wildman–Crippen MR) is 129 cm³/mol. The lowest BCUT2D eigenvalue weighted by Gasteiger charge is -2.33. The Hall–Kier alpha value is -2.89. The van der Waals surface area contributed by atoms with E-state index in [0.717, 1.165) is 50.2 Å². The van der Waals surface area contributed by atoms with Crippen LogP contribution in [0.3, 0.4) is 0 Å². The number of hydrogen-bond donors (Lipinski definition) is 1. The summed E-state index contributed by atoms with van der Waals surface area (Å²) in [4.78, 5) is 35.8. The smallest absolute Gasteiger partial charge is 0.254 e. The van der Waals surface area contributed by atoms with Crippen molar-refractivity contribution in [1.29, 1.82) is 0 Å². The Morgan fingerprint density at radius 3 is 2.55 bits per heavy atom. The van der Waals surface area contributed by atoms with E-state index in [1.807, 2.05) is 47.5 Å². The summed E-state index contributed by atoms with van der Waals surface area (Å²) in [7, 11) is 0. The Bertz CT molecular complexity index is 973. The maximum Gasteiger partial charge on any atom is 0.254 e.